The van der Waals surface area contributed by atoms with Gasteiger partial charge in [-0.15, -0.1) is 0 Å². The zero-order valence-electron chi connectivity index (χ0n) is 12.7. The molecule has 118 valence electrons. The number of carbonyl (C=O) groups excluding carboxylic acids is 1. The van der Waals surface area contributed by atoms with Crippen LogP contribution in [0.2, 0.25) is 5.02 Å². The Labute approximate surface area is 135 Å². The number of rotatable bonds is 2. The van der Waals surface area contributed by atoms with Crippen LogP contribution in [0.5, 0.6) is 0 Å². The van der Waals surface area contributed by atoms with Crippen molar-refractivity contribution >= 4 is 23.8 Å². The van der Waals surface area contributed by atoms with Crippen LogP contribution in [0.25, 0.3) is 0 Å². The highest BCUT2D eigenvalue weighted by Gasteiger charge is 2.48. The molecule has 5 nitrogen and oxygen atoms in total. The lowest BCUT2D eigenvalue weighted by atomic mass is 9.83. The Balaban J connectivity index is 1.70. The van der Waals surface area contributed by atoms with Gasteiger partial charge in [-0.2, -0.15) is 5.10 Å². The lowest BCUT2D eigenvalue weighted by molar-refractivity contribution is -0.112. The molecule has 2 amide bonds. The van der Waals surface area contributed by atoms with Crippen molar-refractivity contribution in [2.75, 3.05) is 13.1 Å². The van der Waals surface area contributed by atoms with E-state index >= 15 is 0 Å². The Morgan fingerprint density at radius 3 is 2.59 bits per heavy atom. The van der Waals surface area contributed by atoms with E-state index in [4.69, 9.17) is 11.6 Å². The van der Waals surface area contributed by atoms with Crippen LogP contribution in [0.3, 0.4) is 0 Å². The van der Waals surface area contributed by atoms with E-state index in [0.29, 0.717) is 24.5 Å². The fourth-order valence-electron chi connectivity index (χ4n) is 2.82. The van der Waals surface area contributed by atoms with Gasteiger partial charge in [0.1, 0.15) is 5.60 Å². The minimum atomic E-state index is -0.769. The summed E-state index contributed by atoms with van der Waals surface area (Å²) >= 11 is 5.91. The van der Waals surface area contributed by atoms with E-state index in [-0.39, 0.29) is 18.0 Å². The number of benzene rings is 1. The van der Waals surface area contributed by atoms with Crippen molar-refractivity contribution in [3.63, 3.8) is 0 Å². The lowest BCUT2D eigenvalue weighted by Gasteiger charge is -2.49. The third-order valence-corrected chi connectivity index (χ3v) is 4.81. The van der Waals surface area contributed by atoms with Crippen molar-refractivity contribution in [1.29, 1.82) is 0 Å². The van der Waals surface area contributed by atoms with Crippen LogP contribution < -0.4 is 0 Å². The number of hydrogen-bond acceptors (Lipinski definition) is 3. The number of hydrogen-bond donors (Lipinski definition) is 1. The van der Waals surface area contributed by atoms with Crippen LogP contribution in [0.15, 0.2) is 29.4 Å². The summed E-state index contributed by atoms with van der Waals surface area (Å²) in [5.41, 5.74) is 0.240. The van der Waals surface area contributed by atoms with Crippen LogP contribution in [-0.4, -0.2) is 46.0 Å². The van der Waals surface area contributed by atoms with Gasteiger partial charge in [0, 0.05) is 17.7 Å². The second-order valence-corrected chi connectivity index (χ2v) is 6.78. The van der Waals surface area contributed by atoms with E-state index in [2.05, 4.69) is 5.10 Å². The van der Waals surface area contributed by atoms with Crippen LogP contribution in [0, 0.1) is 5.92 Å². The van der Waals surface area contributed by atoms with Crippen molar-refractivity contribution in [1.82, 2.24) is 9.91 Å². The third-order valence-electron chi connectivity index (χ3n) is 4.56. The lowest BCUT2D eigenvalue weighted by Crippen LogP contribution is -2.67. The van der Waals surface area contributed by atoms with Gasteiger partial charge in [-0.25, -0.2) is 9.80 Å². The summed E-state index contributed by atoms with van der Waals surface area (Å²) in [6.45, 7) is 4.66. The van der Waals surface area contributed by atoms with E-state index in [1.54, 1.807) is 11.1 Å². The van der Waals surface area contributed by atoms with E-state index in [1.807, 2.05) is 38.1 Å². The standard InChI is InChI=1S/C16H20ClN3O2/c1-11(2)16(22)9-19(10-16)15(21)20-14(7-8-18-20)12-3-5-13(17)6-4-12/h3-6,8,11,14,22H,7,9-10H2,1-2H3. The van der Waals surface area contributed by atoms with E-state index < -0.39 is 5.60 Å². The SMILES string of the molecule is CC(C)C1(O)CN(C(=O)N2N=CCC2c2ccc(Cl)cc2)C1. The maximum absolute atomic E-state index is 12.6. The van der Waals surface area contributed by atoms with Gasteiger partial charge in [0.05, 0.1) is 19.1 Å². The fourth-order valence-corrected chi connectivity index (χ4v) is 2.95. The highest BCUT2D eigenvalue weighted by molar-refractivity contribution is 6.30. The number of halogens is 1. The van der Waals surface area contributed by atoms with Gasteiger partial charge in [-0.1, -0.05) is 37.6 Å². The Bertz CT molecular complexity index is 594. The molecule has 6 heteroatoms. The second-order valence-electron chi connectivity index (χ2n) is 6.34. The Morgan fingerprint density at radius 1 is 1.36 bits per heavy atom. The van der Waals surface area contributed by atoms with Gasteiger partial charge >= 0.3 is 6.03 Å². The zero-order valence-corrected chi connectivity index (χ0v) is 13.5. The molecule has 0 aliphatic carbocycles. The number of likely N-dealkylation sites (tertiary alicyclic amines) is 1. The summed E-state index contributed by atoms with van der Waals surface area (Å²) in [7, 11) is 0. The van der Waals surface area contributed by atoms with Gasteiger partial charge in [0.25, 0.3) is 0 Å². The van der Waals surface area contributed by atoms with E-state index in [0.717, 1.165) is 5.56 Å². The van der Waals surface area contributed by atoms with Gasteiger partial charge in [-0.05, 0) is 23.6 Å². The maximum atomic E-state index is 12.6. The van der Waals surface area contributed by atoms with Gasteiger partial charge in [-0.3, -0.25) is 0 Å². The number of amides is 2. The predicted molar refractivity (Wildman–Crippen MR) is 85.9 cm³/mol. The number of nitrogens with zero attached hydrogens (tertiary/aromatic N) is 3. The molecule has 1 unspecified atom stereocenters. The summed E-state index contributed by atoms with van der Waals surface area (Å²) in [6.07, 6.45) is 2.45. The van der Waals surface area contributed by atoms with Crippen molar-refractivity contribution in [2.24, 2.45) is 11.0 Å². The predicted octanol–water partition coefficient (Wildman–Crippen LogP) is 2.90. The molecule has 0 bridgehead atoms. The van der Waals surface area contributed by atoms with E-state index in [9.17, 15) is 9.90 Å². The molecule has 1 N–H and O–H groups in total. The molecule has 2 heterocycles. The zero-order chi connectivity index (χ0) is 15.9. The minimum Gasteiger partial charge on any atom is -0.386 e. The molecule has 0 radical (unpaired) electrons. The van der Waals surface area contributed by atoms with Gasteiger partial charge in [0.2, 0.25) is 0 Å². The molecule has 2 aliphatic rings. The first-order valence-corrected chi connectivity index (χ1v) is 7.87. The molecule has 1 aromatic carbocycles. The average Bonchev–Trinajstić information content (AvgIpc) is 2.93. The molecule has 1 atom stereocenters. The maximum Gasteiger partial charge on any atom is 0.341 e. The summed E-state index contributed by atoms with van der Waals surface area (Å²) in [5.74, 6) is 0.130. The summed E-state index contributed by atoms with van der Waals surface area (Å²) in [4.78, 5) is 14.2. The number of β-amino-alcohol motifs (C(OH)–C–C–N with tert-alkyl or cyclic N) is 1. The highest BCUT2D eigenvalue weighted by Crippen LogP contribution is 2.34. The smallest absolute Gasteiger partial charge is 0.341 e. The molecule has 3 rings (SSSR count). The highest BCUT2D eigenvalue weighted by atomic mass is 35.5. The van der Waals surface area contributed by atoms with E-state index in [1.165, 1.54) is 5.01 Å². The monoisotopic (exact) mass is 321 g/mol. The first-order chi connectivity index (χ1) is 10.4. The van der Waals surface area contributed by atoms with Crippen LogP contribution in [0.1, 0.15) is 31.9 Å². The topological polar surface area (TPSA) is 56.1 Å². The number of urea groups is 1. The fraction of sp³-hybridized carbons (Fsp3) is 0.500. The van der Waals surface area contributed by atoms with Crippen LogP contribution >= 0.6 is 11.6 Å². The molecule has 0 saturated carbocycles. The normalized spacial score (nSPS) is 23.0. The molecule has 2 aliphatic heterocycles. The summed E-state index contributed by atoms with van der Waals surface area (Å²) in [5, 5.41) is 16.7. The molecule has 0 aromatic heterocycles. The number of aliphatic hydroxyl groups is 1. The first-order valence-electron chi connectivity index (χ1n) is 7.49. The average molecular weight is 322 g/mol. The second kappa shape index (κ2) is 5.56. The van der Waals surface area contributed by atoms with Gasteiger partial charge in [0.15, 0.2) is 0 Å². The molecular weight excluding hydrogens is 302 g/mol. The Kier molecular flexibility index (Phi) is 3.87. The largest absolute Gasteiger partial charge is 0.386 e. The molecular formula is C16H20ClN3O2. The van der Waals surface area contributed by atoms with Crippen LogP contribution in [0.4, 0.5) is 4.79 Å². The Hall–Kier alpha value is -1.59. The number of carbonyl (C=O) groups is 1. The van der Waals surface area contributed by atoms with Gasteiger partial charge < -0.3 is 10.0 Å². The Morgan fingerprint density at radius 2 is 2.00 bits per heavy atom. The van der Waals surface area contributed by atoms with Crippen molar-refractivity contribution < 1.29 is 9.90 Å². The quantitative estimate of drug-likeness (QED) is 0.910. The van der Waals surface area contributed by atoms with Crippen molar-refractivity contribution in [3.05, 3.63) is 34.9 Å². The molecule has 22 heavy (non-hydrogen) atoms. The minimum absolute atomic E-state index is 0.0995. The van der Waals surface area contributed by atoms with Crippen molar-refractivity contribution in [2.45, 2.75) is 31.9 Å². The number of hydrazone groups is 1. The van der Waals surface area contributed by atoms with Crippen LogP contribution in [-0.2, 0) is 0 Å². The third kappa shape index (κ3) is 2.59. The summed E-state index contributed by atoms with van der Waals surface area (Å²) < 4.78 is 0. The first kappa shape index (κ1) is 15.3. The van der Waals surface area contributed by atoms with Crippen molar-refractivity contribution in [3.8, 4) is 0 Å². The molecule has 1 saturated heterocycles. The molecule has 1 aromatic rings. The molecule has 1 fully saturated rings. The molecule has 0 spiro atoms. The summed E-state index contributed by atoms with van der Waals surface area (Å²) in [6, 6.07) is 7.22.